The molecule has 0 spiro atoms. The number of unbranched alkanes of at least 4 members (excludes halogenated alkanes) is 26. The van der Waals surface area contributed by atoms with Crippen LogP contribution in [0, 0.1) is 0 Å². The molecule has 0 rings (SSSR count). The summed E-state index contributed by atoms with van der Waals surface area (Å²) in [4.78, 5) is 33.7. The van der Waals surface area contributed by atoms with Gasteiger partial charge in [-0.1, -0.05) is 217 Å². The van der Waals surface area contributed by atoms with Crippen LogP contribution in [0.4, 0.5) is 0 Å². The average molecular weight is 896 g/mol. The van der Waals surface area contributed by atoms with Gasteiger partial charge in [0.15, 0.2) is 0 Å². The van der Waals surface area contributed by atoms with Gasteiger partial charge < -0.3 is 25.2 Å². The van der Waals surface area contributed by atoms with E-state index in [1.807, 2.05) is 0 Å². The molecule has 362 valence electrons. The summed E-state index contributed by atoms with van der Waals surface area (Å²) in [6.07, 6.45) is 56.0. The molecule has 0 radical (unpaired) electrons. The first-order valence-electron chi connectivity index (χ1n) is 25.2. The minimum Gasteiger partial charge on any atom is -0.480 e. The van der Waals surface area contributed by atoms with E-state index in [1.165, 1.54) is 122 Å². The van der Waals surface area contributed by atoms with Crippen LogP contribution in [0.1, 0.15) is 226 Å². The summed E-state index contributed by atoms with van der Waals surface area (Å²) in [7, 11) is -4.63. The SMILES string of the molecule is CC/C=C\C/C=C\C/C=C\C/C=C\CCCCCCCOCC(COP(=O)(O)OCC(N)C(=O)O)OC(=O)CCCCCCCCCCCCCCCCCCCCCCCC. The second-order valence-corrected chi connectivity index (χ2v) is 18.4. The molecule has 0 saturated carbocycles. The second-order valence-electron chi connectivity index (χ2n) is 16.9. The number of phosphoric ester groups is 1. The normalized spacial score (nSPS) is 14.1. The van der Waals surface area contributed by atoms with Crippen LogP contribution in [0.15, 0.2) is 48.6 Å². The molecule has 3 unspecified atom stereocenters. The van der Waals surface area contributed by atoms with Crippen molar-refractivity contribution in [2.75, 3.05) is 26.4 Å². The van der Waals surface area contributed by atoms with Crippen molar-refractivity contribution in [1.82, 2.24) is 0 Å². The number of allylic oxidation sites excluding steroid dienone is 8. The van der Waals surface area contributed by atoms with Crippen molar-refractivity contribution in [2.45, 2.75) is 238 Å². The van der Waals surface area contributed by atoms with E-state index in [0.29, 0.717) is 13.0 Å². The van der Waals surface area contributed by atoms with Crippen molar-refractivity contribution < 1.29 is 42.7 Å². The zero-order valence-electron chi connectivity index (χ0n) is 39.7. The smallest absolute Gasteiger partial charge is 0.472 e. The number of hydrogen-bond acceptors (Lipinski definition) is 8. The van der Waals surface area contributed by atoms with Crippen LogP contribution in [0.2, 0.25) is 0 Å². The molecule has 3 atom stereocenters. The minimum absolute atomic E-state index is 0.00552. The molecular formula is C51H94NO9P. The Morgan fingerprint density at radius 1 is 0.532 bits per heavy atom. The van der Waals surface area contributed by atoms with Gasteiger partial charge in [0.1, 0.15) is 12.1 Å². The van der Waals surface area contributed by atoms with Gasteiger partial charge in [-0.15, -0.1) is 0 Å². The van der Waals surface area contributed by atoms with Gasteiger partial charge in [0, 0.05) is 13.0 Å². The van der Waals surface area contributed by atoms with E-state index >= 15 is 0 Å². The molecule has 0 aliphatic rings. The maximum absolute atomic E-state index is 12.7. The summed E-state index contributed by atoms with van der Waals surface area (Å²) < 4.78 is 33.5. The molecule has 0 amide bonds. The molecule has 0 aromatic rings. The first kappa shape index (κ1) is 59.9. The first-order valence-corrected chi connectivity index (χ1v) is 26.7. The number of esters is 1. The maximum Gasteiger partial charge on any atom is 0.472 e. The second kappa shape index (κ2) is 46.9. The Kier molecular flexibility index (Phi) is 45.3. The molecule has 11 heteroatoms. The number of rotatable bonds is 48. The molecular weight excluding hydrogens is 802 g/mol. The van der Waals surface area contributed by atoms with E-state index in [-0.39, 0.29) is 13.0 Å². The molecule has 10 nitrogen and oxygen atoms in total. The van der Waals surface area contributed by atoms with E-state index < -0.39 is 45.1 Å². The molecule has 0 aromatic heterocycles. The molecule has 0 saturated heterocycles. The number of ether oxygens (including phenoxy) is 2. The predicted molar refractivity (Wildman–Crippen MR) is 258 cm³/mol. The summed E-state index contributed by atoms with van der Waals surface area (Å²) in [6.45, 7) is 3.76. The molecule has 62 heavy (non-hydrogen) atoms. The fourth-order valence-corrected chi connectivity index (χ4v) is 7.79. The number of carboxylic acids is 1. The van der Waals surface area contributed by atoms with Gasteiger partial charge in [-0.05, 0) is 51.4 Å². The Hall–Kier alpha value is -2.07. The minimum atomic E-state index is -4.63. The summed E-state index contributed by atoms with van der Waals surface area (Å²) in [5, 5.41) is 8.92. The summed E-state index contributed by atoms with van der Waals surface area (Å²) in [5.41, 5.74) is 5.37. The molecule has 0 aromatic carbocycles. The lowest BCUT2D eigenvalue weighted by molar-refractivity contribution is -0.154. The van der Waals surface area contributed by atoms with Gasteiger partial charge in [-0.2, -0.15) is 0 Å². The molecule has 0 aliphatic heterocycles. The quantitative estimate of drug-likeness (QED) is 0.0233. The van der Waals surface area contributed by atoms with Crippen LogP contribution >= 0.6 is 7.82 Å². The van der Waals surface area contributed by atoms with Crippen LogP contribution in [0.3, 0.4) is 0 Å². The van der Waals surface area contributed by atoms with Gasteiger partial charge in [0.2, 0.25) is 0 Å². The maximum atomic E-state index is 12.7. The van der Waals surface area contributed by atoms with Gasteiger partial charge in [0.25, 0.3) is 0 Å². The van der Waals surface area contributed by atoms with Crippen LogP contribution in [0.25, 0.3) is 0 Å². The Morgan fingerprint density at radius 2 is 0.935 bits per heavy atom. The van der Waals surface area contributed by atoms with E-state index in [4.69, 9.17) is 29.4 Å². The highest BCUT2D eigenvalue weighted by Gasteiger charge is 2.27. The van der Waals surface area contributed by atoms with Crippen LogP contribution in [-0.4, -0.2) is 60.5 Å². The lowest BCUT2D eigenvalue weighted by Crippen LogP contribution is -2.34. The summed E-state index contributed by atoms with van der Waals surface area (Å²) in [5.74, 6) is -1.78. The highest BCUT2D eigenvalue weighted by molar-refractivity contribution is 7.47. The molecule has 0 bridgehead atoms. The first-order chi connectivity index (χ1) is 30.2. The Morgan fingerprint density at radius 3 is 1.40 bits per heavy atom. The highest BCUT2D eigenvalue weighted by Crippen LogP contribution is 2.43. The Bertz CT molecular complexity index is 1170. The van der Waals surface area contributed by atoms with Crippen LogP contribution in [0.5, 0.6) is 0 Å². The number of phosphoric acid groups is 1. The largest absolute Gasteiger partial charge is 0.480 e. The predicted octanol–water partition coefficient (Wildman–Crippen LogP) is 14.6. The molecule has 0 aliphatic carbocycles. The molecule has 0 fully saturated rings. The zero-order valence-corrected chi connectivity index (χ0v) is 40.6. The topological polar surface area (TPSA) is 155 Å². The number of carbonyl (C=O) groups excluding carboxylic acids is 1. The van der Waals surface area contributed by atoms with Crippen molar-refractivity contribution in [1.29, 1.82) is 0 Å². The fourth-order valence-electron chi connectivity index (χ4n) is 7.01. The van der Waals surface area contributed by atoms with Crippen LogP contribution in [-0.2, 0) is 32.7 Å². The van der Waals surface area contributed by atoms with Crippen molar-refractivity contribution >= 4 is 19.8 Å². The number of hydrogen-bond donors (Lipinski definition) is 3. The van der Waals surface area contributed by atoms with E-state index in [2.05, 4.69) is 62.5 Å². The molecule has 4 N–H and O–H groups in total. The van der Waals surface area contributed by atoms with Gasteiger partial charge in [-0.3, -0.25) is 18.6 Å². The highest BCUT2D eigenvalue weighted by atomic mass is 31.2. The summed E-state index contributed by atoms with van der Waals surface area (Å²) >= 11 is 0. The number of nitrogens with two attached hydrogens (primary N) is 1. The van der Waals surface area contributed by atoms with Crippen molar-refractivity contribution in [3.05, 3.63) is 48.6 Å². The number of carbonyl (C=O) groups is 2. The fraction of sp³-hybridized carbons (Fsp3) is 0.804. The monoisotopic (exact) mass is 896 g/mol. The van der Waals surface area contributed by atoms with Crippen molar-refractivity contribution in [2.24, 2.45) is 5.73 Å². The van der Waals surface area contributed by atoms with Crippen LogP contribution < -0.4 is 5.73 Å². The molecule has 0 heterocycles. The third-order valence-corrected chi connectivity index (χ3v) is 11.8. The average Bonchev–Trinajstić information content (AvgIpc) is 3.25. The van der Waals surface area contributed by atoms with Gasteiger partial charge in [-0.25, -0.2) is 4.57 Å². The van der Waals surface area contributed by atoms with Crippen molar-refractivity contribution in [3.63, 3.8) is 0 Å². The number of aliphatic carboxylic acids is 1. The lowest BCUT2D eigenvalue weighted by Gasteiger charge is -2.20. The van der Waals surface area contributed by atoms with Gasteiger partial charge >= 0.3 is 19.8 Å². The van der Waals surface area contributed by atoms with E-state index in [9.17, 15) is 19.0 Å². The zero-order chi connectivity index (χ0) is 45.5. The summed E-state index contributed by atoms with van der Waals surface area (Å²) in [6, 6.07) is -1.48. The van der Waals surface area contributed by atoms with E-state index in [1.54, 1.807) is 0 Å². The lowest BCUT2D eigenvalue weighted by atomic mass is 10.0. The van der Waals surface area contributed by atoms with Crippen molar-refractivity contribution in [3.8, 4) is 0 Å². The Balaban J connectivity index is 4.15. The Labute approximate surface area is 379 Å². The standard InChI is InChI=1S/C51H94NO9P/c1-3-5-7-9-11-13-15-17-19-21-23-24-25-26-27-29-31-33-35-37-39-41-43-50(53)61-48(46-59-62(56,57)60-47-49(52)51(54)55)45-58-44-42-40-38-36-34-32-30-28-22-20-18-16-14-12-10-8-6-4-2/h6,8,12,14,18,20,28,30,48-49H,3-5,7,9-11,13,15-17,19,21-27,29,31-47,52H2,1-2H3,(H,54,55)(H,56,57)/b8-6-,14-12-,20-18-,30-28-. The third kappa shape index (κ3) is 45.9. The number of carboxylic acid groups (broad SMARTS) is 1. The third-order valence-electron chi connectivity index (χ3n) is 10.9. The van der Waals surface area contributed by atoms with E-state index in [0.717, 1.165) is 77.0 Å². The van der Waals surface area contributed by atoms with Gasteiger partial charge in [0.05, 0.1) is 19.8 Å².